The first-order chi connectivity index (χ1) is 10.5. The summed E-state index contributed by atoms with van der Waals surface area (Å²) in [6.45, 7) is -1.69. The van der Waals surface area contributed by atoms with Crippen LogP contribution in [0, 0.1) is 22.7 Å². The van der Waals surface area contributed by atoms with Gasteiger partial charge in [-0.05, 0) is 50.4 Å². The van der Waals surface area contributed by atoms with E-state index in [1.807, 2.05) is 0 Å². The van der Waals surface area contributed by atoms with Crippen LogP contribution in [0.25, 0.3) is 0 Å². The van der Waals surface area contributed by atoms with Crippen molar-refractivity contribution in [1.82, 2.24) is 0 Å². The minimum absolute atomic E-state index is 0.114. The largest absolute Gasteiger partial charge is 0.463 e. The molecule has 0 aromatic heterocycles. The highest BCUT2D eigenvalue weighted by Gasteiger charge is 2.58. The Hall–Kier alpha value is -1.20. The molecule has 4 rings (SSSR count). The number of hydrogen-bond acceptors (Lipinski definition) is 4. The van der Waals surface area contributed by atoms with Gasteiger partial charge >= 0.3 is 11.9 Å². The van der Waals surface area contributed by atoms with Crippen molar-refractivity contribution < 1.29 is 27.8 Å². The first kappa shape index (κ1) is 15.7. The van der Waals surface area contributed by atoms with Crippen LogP contribution in [0.15, 0.2) is 0 Å². The molecule has 4 saturated carbocycles. The quantitative estimate of drug-likeness (QED) is 0.707. The first-order valence-electron chi connectivity index (χ1n) is 7.91. The van der Waals surface area contributed by atoms with Crippen molar-refractivity contribution in [1.29, 1.82) is 0 Å². The van der Waals surface area contributed by atoms with Gasteiger partial charge in [-0.2, -0.15) is 0 Å². The highest BCUT2D eigenvalue weighted by Crippen LogP contribution is 2.65. The monoisotopic (exact) mass is 316 g/mol. The maximum Gasteiger partial charge on any atom is 0.337 e. The lowest BCUT2D eigenvalue weighted by molar-refractivity contribution is -0.179. The van der Waals surface area contributed by atoms with E-state index in [1.165, 1.54) is 0 Å². The Labute approximate surface area is 128 Å². The molecule has 4 aliphatic carbocycles. The first-order valence-corrected chi connectivity index (χ1v) is 7.91. The van der Waals surface area contributed by atoms with Crippen molar-refractivity contribution in [2.75, 3.05) is 26.6 Å². The average Bonchev–Trinajstić information content (AvgIpc) is 2.49. The molecule has 0 aromatic carbocycles. The number of halogens is 2. The van der Waals surface area contributed by atoms with E-state index in [0.717, 1.165) is 38.5 Å². The zero-order chi connectivity index (χ0) is 15.8. The van der Waals surface area contributed by atoms with Crippen LogP contribution < -0.4 is 0 Å². The molecule has 0 aliphatic heterocycles. The molecular weight excluding hydrogens is 294 g/mol. The van der Waals surface area contributed by atoms with Gasteiger partial charge in [-0.25, -0.2) is 18.4 Å². The van der Waals surface area contributed by atoms with Crippen LogP contribution in [-0.4, -0.2) is 38.5 Å². The molecule has 6 heteroatoms. The molecule has 124 valence electrons. The highest BCUT2D eigenvalue weighted by molar-refractivity contribution is 5.70. The van der Waals surface area contributed by atoms with Gasteiger partial charge in [0.05, 0.1) is 13.2 Å². The van der Waals surface area contributed by atoms with Crippen LogP contribution in [0.3, 0.4) is 0 Å². The van der Waals surface area contributed by atoms with E-state index in [2.05, 4.69) is 0 Å². The molecule has 0 amide bonds. The zero-order valence-electron chi connectivity index (χ0n) is 12.6. The van der Waals surface area contributed by atoms with Crippen molar-refractivity contribution in [2.24, 2.45) is 22.7 Å². The minimum Gasteiger partial charge on any atom is -0.463 e. The topological polar surface area (TPSA) is 52.6 Å². The molecule has 4 nitrogen and oxygen atoms in total. The Morgan fingerprint density at radius 2 is 1.27 bits per heavy atom. The summed E-state index contributed by atoms with van der Waals surface area (Å²) in [5.41, 5.74) is -0.228. The molecule has 0 saturated heterocycles. The normalized spacial score (nSPS) is 38.8. The summed E-state index contributed by atoms with van der Waals surface area (Å²) in [7, 11) is 0. The summed E-state index contributed by atoms with van der Waals surface area (Å²) >= 11 is 0. The number of ether oxygens (including phenoxy) is 2. The standard InChI is InChI=1S/C16H22F2O4/c17-6-13(19)21-9-15-2-11-1-12(4-15)5-16(3-11,8-15)10-22-14(20)7-18/h11-12H,1-10H2. The van der Waals surface area contributed by atoms with E-state index in [9.17, 15) is 18.4 Å². The summed E-state index contributed by atoms with van der Waals surface area (Å²) in [5.74, 6) is -0.550. The van der Waals surface area contributed by atoms with Crippen molar-refractivity contribution in [2.45, 2.75) is 38.5 Å². The fourth-order valence-electron chi connectivity index (χ4n) is 5.53. The Kier molecular flexibility index (Phi) is 4.12. The minimum atomic E-state index is -1.10. The fourth-order valence-corrected chi connectivity index (χ4v) is 5.53. The van der Waals surface area contributed by atoms with E-state index in [4.69, 9.17) is 9.47 Å². The van der Waals surface area contributed by atoms with E-state index in [-0.39, 0.29) is 24.0 Å². The number of carbonyl (C=O) groups excluding carboxylic acids is 2. The van der Waals surface area contributed by atoms with E-state index in [0.29, 0.717) is 11.8 Å². The van der Waals surface area contributed by atoms with E-state index < -0.39 is 25.3 Å². The van der Waals surface area contributed by atoms with Crippen LogP contribution >= 0.6 is 0 Å². The molecule has 4 fully saturated rings. The van der Waals surface area contributed by atoms with Gasteiger partial charge in [0.15, 0.2) is 13.3 Å². The molecule has 0 aromatic rings. The maximum absolute atomic E-state index is 12.3. The van der Waals surface area contributed by atoms with Gasteiger partial charge in [-0.1, -0.05) is 0 Å². The molecule has 0 radical (unpaired) electrons. The van der Waals surface area contributed by atoms with Crippen LogP contribution in [0.4, 0.5) is 8.78 Å². The lowest BCUT2D eigenvalue weighted by Gasteiger charge is -2.61. The molecule has 22 heavy (non-hydrogen) atoms. The van der Waals surface area contributed by atoms with Gasteiger partial charge in [0.1, 0.15) is 0 Å². The third-order valence-corrected chi connectivity index (χ3v) is 5.60. The molecular formula is C16H22F2O4. The molecule has 4 aliphatic rings. The Balaban J connectivity index is 1.69. The number of alkyl halides is 2. The molecule has 4 bridgehead atoms. The van der Waals surface area contributed by atoms with Crippen molar-refractivity contribution in [3.05, 3.63) is 0 Å². The molecule has 0 spiro atoms. The number of rotatable bonds is 6. The van der Waals surface area contributed by atoms with Crippen LogP contribution in [0.5, 0.6) is 0 Å². The van der Waals surface area contributed by atoms with Gasteiger partial charge in [0.25, 0.3) is 0 Å². The lowest BCUT2D eigenvalue weighted by atomic mass is 9.44. The summed E-state index contributed by atoms with van der Waals surface area (Å²) < 4.78 is 34.8. The van der Waals surface area contributed by atoms with E-state index in [1.54, 1.807) is 0 Å². The highest BCUT2D eigenvalue weighted by atomic mass is 19.1. The number of hydrogen-bond donors (Lipinski definition) is 0. The summed E-state index contributed by atoms with van der Waals surface area (Å²) in [6, 6.07) is 0. The van der Waals surface area contributed by atoms with Gasteiger partial charge in [0.2, 0.25) is 0 Å². The van der Waals surface area contributed by atoms with Crippen molar-refractivity contribution in [3.8, 4) is 0 Å². The SMILES string of the molecule is O=C(CF)OCC12CC3CC(C1)CC(COC(=O)CF)(C3)C2. The van der Waals surface area contributed by atoms with Crippen molar-refractivity contribution in [3.63, 3.8) is 0 Å². The molecule has 0 atom stereocenters. The van der Waals surface area contributed by atoms with Gasteiger partial charge < -0.3 is 9.47 Å². The van der Waals surface area contributed by atoms with Crippen LogP contribution in [0.2, 0.25) is 0 Å². The van der Waals surface area contributed by atoms with Crippen LogP contribution in [-0.2, 0) is 19.1 Å². The summed E-state index contributed by atoms with van der Waals surface area (Å²) in [5, 5.41) is 0. The second-order valence-electron chi connectivity index (χ2n) is 7.55. The smallest absolute Gasteiger partial charge is 0.337 e. The third kappa shape index (κ3) is 2.97. The second kappa shape index (κ2) is 5.78. The lowest BCUT2D eigenvalue weighted by Crippen LogP contribution is -2.55. The Morgan fingerprint density at radius 1 is 0.864 bits per heavy atom. The second-order valence-corrected chi connectivity index (χ2v) is 7.55. The van der Waals surface area contributed by atoms with Crippen LogP contribution in [0.1, 0.15) is 38.5 Å². The Morgan fingerprint density at radius 3 is 1.64 bits per heavy atom. The molecule has 0 unspecified atom stereocenters. The number of carbonyl (C=O) groups is 2. The average molecular weight is 316 g/mol. The predicted molar refractivity (Wildman–Crippen MR) is 73.4 cm³/mol. The zero-order valence-corrected chi connectivity index (χ0v) is 12.6. The number of esters is 2. The molecule has 0 heterocycles. The Bertz CT molecular complexity index is 413. The van der Waals surface area contributed by atoms with Gasteiger partial charge in [0, 0.05) is 10.8 Å². The fraction of sp³-hybridized carbons (Fsp3) is 0.875. The third-order valence-electron chi connectivity index (χ3n) is 5.60. The summed E-state index contributed by atoms with van der Waals surface area (Å²) in [4.78, 5) is 22.3. The predicted octanol–water partition coefficient (Wildman–Crippen LogP) is 2.60. The molecule has 0 N–H and O–H groups in total. The van der Waals surface area contributed by atoms with Gasteiger partial charge in [-0.3, -0.25) is 0 Å². The summed E-state index contributed by atoms with van der Waals surface area (Å²) in [6.07, 6.45) is 5.93. The van der Waals surface area contributed by atoms with Crippen molar-refractivity contribution >= 4 is 11.9 Å². The maximum atomic E-state index is 12.3. The van der Waals surface area contributed by atoms with E-state index >= 15 is 0 Å². The van der Waals surface area contributed by atoms with Gasteiger partial charge in [-0.15, -0.1) is 0 Å².